The van der Waals surface area contributed by atoms with E-state index in [2.05, 4.69) is 0 Å². The zero-order valence-electron chi connectivity index (χ0n) is 10.8. The van der Waals surface area contributed by atoms with Crippen molar-refractivity contribution in [3.63, 3.8) is 0 Å². The molecular weight excluding hydrogens is 297 g/mol. The normalized spacial score (nSPS) is 10.3. The van der Waals surface area contributed by atoms with Gasteiger partial charge in [-0.25, -0.2) is 4.79 Å². The summed E-state index contributed by atoms with van der Waals surface area (Å²) in [5.41, 5.74) is 8.44. The van der Waals surface area contributed by atoms with E-state index in [4.69, 9.17) is 33.7 Å². The average molecular weight is 310 g/mol. The first kappa shape index (κ1) is 14.7. The number of hydrogen-bond donors (Lipinski definition) is 1. The highest BCUT2D eigenvalue weighted by atomic mass is 35.5. The summed E-state index contributed by atoms with van der Waals surface area (Å²) in [6, 6.07) is 10.1. The lowest BCUT2D eigenvalue weighted by atomic mass is 10.1. The van der Waals surface area contributed by atoms with Gasteiger partial charge in [0.25, 0.3) is 0 Å². The zero-order chi connectivity index (χ0) is 14.7. The number of carbonyl (C=O) groups is 1. The first-order valence-corrected chi connectivity index (χ1v) is 6.70. The third kappa shape index (κ3) is 3.44. The molecule has 0 saturated heterocycles. The third-order valence-corrected chi connectivity index (χ3v) is 3.60. The van der Waals surface area contributed by atoms with Crippen LogP contribution in [0, 0.1) is 6.92 Å². The van der Waals surface area contributed by atoms with Crippen LogP contribution in [0.4, 0.5) is 5.69 Å². The summed E-state index contributed by atoms with van der Waals surface area (Å²) in [7, 11) is 0. The molecule has 0 atom stereocenters. The summed E-state index contributed by atoms with van der Waals surface area (Å²) in [4.78, 5) is 11.9. The van der Waals surface area contributed by atoms with Gasteiger partial charge in [-0.2, -0.15) is 0 Å². The van der Waals surface area contributed by atoms with E-state index in [1.165, 1.54) is 0 Å². The lowest BCUT2D eigenvalue weighted by molar-refractivity contribution is 0.0472. The van der Waals surface area contributed by atoms with E-state index < -0.39 is 5.97 Å². The summed E-state index contributed by atoms with van der Waals surface area (Å²) >= 11 is 11.7. The molecule has 0 aliphatic heterocycles. The second-order valence-electron chi connectivity index (χ2n) is 4.40. The van der Waals surface area contributed by atoms with Crippen LogP contribution in [-0.4, -0.2) is 5.97 Å². The minimum atomic E-state index is -0.404. The molecule has 0 amide bonds. The van der Waals surface area contributed by atoms with Crippen molar-refractivity contribution < 1.29 is 9.53 Å². The van der Waals surface area contributed by atoms with Crippen LogP contribution >= 0.6 is 23.2 Å². The molecule has 0 fully saturated rings. The Morgan fingerprint density at radius 3 is 2.55 bits per heavy atom. The number of benzene rings is 2. The van der Waals surface area contributed by atoms with Crippen LogP contribution in [0.2, 0.25) is 10.0 Å². The molecule has 0 aliphatic rings. The molecule has 0 aromatic heterocycles. The predicted octanol–water partition coefficient (Wildman–Crippen LogP) is 4.24. The Labute approximate surface area is 127 Å². The molecule has 3 nitrogen and oxygen atoms in total. The maximum absolute atomic E-state index is 11.9. The number of hydrogen-bond acceptors (Lipinski definition) is 3. The largest absolute Gasteiger partial charge is 0.457 e. The van der Waals surface area contributed by atoms with Crippen molar-refractivity contribution in [2.24, 2.45) is 0 Å². The first-order chi connectivity index (χ1) is 9.47. The quantitative estimate of drug-likeness (QED) is 0.681. The Hall–Kier alpha value is -1.71. The summed E-state index contributed by atoms with van der Waals surface area (Å²) in [5, 5.41) is 0.902. The minimum Gasteiger partial charge on any atom is -0.457 e. The molecule has 20 heavy (non-hydrogen) atoms. The molecule has 2 aromatic rings. The summed E-state index contributed by atoms with van der Waals surface area (Å²) in [6.07, 6.45) is 0. The lowest BCUT2D eigenvalue weighted by Gasteiger charge is -2.07. The monoisotopic (exact) mass is 309 g/mol. The van der Waals surface area contributed by atoms with E-state index in [1.807, 2.05) is 6.92 Å². The van der Waals surface area contributed by atoms with Gasteiger partial charge in [0.05, 0.1) is 15.6 Å². The molecule has 5 heteroatoms. The number of carbonyl (C=O) groups excluding carboxylic acids is 1. The van der Waals surface area contributed by atoms with Crippen molar-refractivity contribution in [1.82, 2.24) is 0 Å². The van der Waals surface area contributed by atoms with Gasteiger partial charge in [0.2, 0.25) is 0 Å². The lowest BCUT2D eigenvalue weighted by Crippen LogP contribution is -2.06. The Bertz CT molecular complexity index is 656. The second kappa shape index (κ2) is 6.16. The van der Waals surface area contributed by atoms with Gasteiger partial charge in [-0.05, 0) is 48.4 Å². The van der Waals surface area contributed by atoms with Crippen LogP contribution in [-0.2, 0) is 11.3 Å². The number of halogens is 2. The van der Waals surface area contributed by atoms with Crippen molar-refractivity contribution in [2.75, 3.05) is 5.73 Å². The van der Waals surface area contributed by atoms with Gasteiger partial charge < -0.3 is 10.5 Å². The fourth-order valence-corrected chi connectivity index (χ4v) is 1.98. The highest BCUT2D eigenvalue weighted by molar-refractivity contribution is 6.42. The molecule has 0 heterocycles. The van der Waals surface area contributed by atoms with Crippen LogP contribution in [0.1, 0.15) is 21.5 Å². The van der Waals surface area contributed by atoms with Crippen molar-refractivity contribution >= 4 is 34.9 Å². The van der Waals surface area contributed by atoms with E-state index in [0.717, 1.165) is 11.1 Å². The smallest absolute Gasteiger partial charge is 0.338 e. The highest BCUT2D eigenvalue weighted by Crippen LogP contribution is 2.23. The molecule has 104 valence electrons. The highest BCUT2D eigenvalue weighted by Gasteiger charge is 2.09. The van der Waals surface area contributed by atoms with E-state index in [-0.39, 0.29) is 6.61 Å². The molecule has 0 unspecified atom stereocenters. The molecule has 0 spiro atoms. The van der Waals surface area contributed by atoms with Crippen molar-refractivity contribution in [3.8, 4) is 0 Å². The number of aryl methyl sites for hydroxylation is 1. The van der Waals surface area contributed by atoms with Gasteiger partial charge >= 0.3 is 5.97 Å². The fraction of sp³-hybridized carbons (Fsp3) is 0.133. The Morgan fingerprint density at radius 2 is 1.90 bits per heavy atom. The molecular formula is C15H13Cl2NO2. The number of anilines is 1. The van der Waals surface area contributed by atoms with Crippen molar-refractivity contribution in [3.05, 3.63) is 63.1 Å². The van der Waals surface area contributed by atoms with Crippen LogP contribution in [0.25, 0.3) is 0 Å². The van der Waals surface area contributed by atoms with Gasteiger partial charge in [0.1, 0.15) is 6.61 Å². The summed E-state index contributed by atoms with van der Waals surface area (Å²) in [5.74, 6) is -0.404. The average Bonchev–Trinajstić information content (AvgIpc) is 2.43. The van der Waals surface area contributed by atoms with Crippen molar-refractivity contribution in [1.29, 1.82) is 0 Å². The number of nitrogen functional groups attached to an aromatic ring is 1. The number of rotatable bonds is 3. The van der Waals surface area contributed by atoms with Crippen LogP contribution in [0.15, 0.2) is 36.4 Å². The predicted molar refractivity (Wildman–Crippen MR) is 81.2 cm³/mol. The standard InChI is InChI=1S/C15H13Cl2NO2/c1-9-6-11(3-5-14(9)18)15(19)20-8-10-2-4-12(16)13(17)7-10/h2-7H,8,18H2,1H3. The molecule has 2 N–H and O–H groups in total. The third-order valence-electron chi connectivity index (χ3n) is 2.86. The van der Waals surface area contributed by atoms with E-state index in [1.54, 1.807) is 36.4 Å². The second-order valence-corrected chi connectivity index (χ2v) is 5.21. The Balaban J connectivity index is 2.04. The van der Waals surface area contributed by atoms with Crippen LogP contribution < -0.4 is 5.73 Å². The molecule has 2 aromatic carbocycles. The SMILES string of the molecule is Cc1cc(C(=O)OCc2ccc(Cl)c(Cl)c2)ccc1N. The Morgan fingerprint density at radius 1 is 1.15 bits per heavy atom. The molecule has 0 radical (unpaired) electrons. The molecule has 0 saturated carbocycles. The summed E-state index contributed by atoms with van der Waals surface area (Å²) < 4.78 is 5.22. The van der Waals surface area contributed by atoms with E-state index in [0.29, 0.717) is 21.3 Å². The zero-order valence-corrected chi connectivity index (χ0v) is 12.3. The molecule has 0 bridgehead atoms. The van der Waals surface area contributed by atoms with Crippen molar-refractivity contribution in [2.45, 2.75) is 13.5 Å². The minimum absolute atomic E-state index is 0.138. The van der Waals surface area contributed by atoms with Gasteiger partial charge in [0, 0.05) is 5.69 Å². The molecule has 0 aliphatic carbocycles. The number of esters is 1. The number of nitrogens with two attached hydrogens (primary N) is 1. The maximum atomic E-state index is 11.9. The van der Waals surface area contributed by atoms with E-state index >= 15 is 0 Å². The maximum Gasteiger partial charge on any atom is 0.338 e. The first-order valence-electron chi connectivity index (χ1n) is 5.94. The summed E-state index contributed by atoms with van der Waals surface area (Å²) in [6.45, 7) is 1.98. The van der Waals surface area contributed by atoms with Gasteiger partial charge in [0.15, 0.2) is 0 Å². The number of ether oxygens (including phenoxy) is 1. The van der Waals surface area contributed by atoms with Gasteiger partial charge in [-0.15, -0.1) is 0 Å². The van der Waals surface area contributed by atoms with Gasteiger partial charge in [-0.3, -0.25) is 0 Å². The fourth-order valence-electron chi connectivity index (χ4n) is 1.66. The van der Waals surface area contributed by atoms with Gasteiger partial charge in [-0.1, -0.05) is 29.3 Å². The molecule has 2 rings (SSSR count). The topological polar surface area (TPSA) is 52.3 Å². The Kier molecular flexibility index (Phi) is 4.53. The van der Waals surface area contributed by atoms with Crippen LogP contribution in [0.5, 0.6) is 0 Å². The van der Waals surface area contributed by atoms with E-state index in [9.17, 15) is 4.79 Å². The van der Waals surface area contributed by atoms with Crippen LogP contribution in [0.3, 0.4) is 0 Å².